The zero-order valence-corrected chi connectivity index (χ0v) is 10.9. The van der Waals surface area contributed by atoms with Gasteiger partial charge in [0.1, 0.15) is 0 Å². The highest BCUT2D eigenvalue weighted by Gasteiger charge is 2.07. The Morgan fingerprint density at radius 2 is 2.00 bits per heavy atom. The summed E-state index contributed by atoms with van der Waals surface area (Å²) in [5.74, 6) is 0. The number of hydrogen-bond acceptors (Lipinski definition) is 4. The molecule has 5 heteroatoms. The maximum atomic E-state index is 12.4. The van der Waals surface area contributed by atoms with E-state index in [1.54, 1.807) is 12.4 Å². The van der Waals surface area contributed by atoms with Crippen molar-refractivity contribution < 1.29 is 0 Å². The van der Waals surface area contributed by atoms with Crippen LogP contribution in [0.4, 0.5) is 0 Å². The van der Waals surface area contributed by atoms with E-state index in [1.165, 1.54) is 4.68 Å². The summed E-state index contributed by atoms with van der Waals surface area (Å²) in [7, 11) is 0. The Balaban J connectivity index is 2.07. The van der Waals surface area contributed by atoms with Crippen LogP contribution in [-0.2, 0) is 13.1 Å². The summed E-state index contributed by atoms with van der Waals surface area (Å²) in [6, 6.07) is 11.2. The van der Waals surface area contributed by atoms with Gasteiger partial charge in [0.15, 0.2) is 0 Å². The van der Waals surface area contributed by atoms with Crippen molar-refractivity contribution in [3.8, 4) is 0 Å². The summed E-state index contributed by atoms with van der Waals surface area (Å²) in [6.07, 6.45) is 3.40. The van der Waals surface area contributed by atoms with Gasteiger partial charge >= 0.3 is 0 Å². The van der Waals surface area contributed by atoms with Crippen LogP contribution >= 0.6 is 0 Å². The van der Waals surface area contributed by atoms with E-state index in [0.717, 1.165) is 16.6 Å². The third kappa shape index (κ3) is 2.19. The Kier molecular flexibility index (Phi) is 3.26. The Hall–Kier alpha value is -2.53. The standard InChI is InChI=1S/C15H14N4O/c16-8-14-12(5-3-7-17-14)10-19-15(20)13-6-2-1-4-11(13)9-18-19/h1-7,9H,8,10,16H2. The van der Waals surface area contributed by atoms with E-state index in [1.807, 2.05) is 36.4 Å². The molecule has 0 fully saturated rings. The van der Waals surface area contributed by atoms with E-state index in [2.05, 4.69) is 10.1 Å². The summed E-state index contributed by atoms with van der Waals surface area (Å²) >= 11 is 0. The molecule has 20 heavy (non-hydrogen) atoms. The highest BCUT2D eigenvalue weighted by atomic mass is 16.1. The fourth-order valence-electron chi connectivity index (χ4n) is 2.20. The number of aromatic nitrogens is 3. The van der Waals surface area contributed by atoms with Gasteiger partial charge in [-0.25, -0.2) is 4.68 Å². The molecule has 3 aromatic rings. The lowest BCUT2D eigenvalue weighted by atomic mass is 10.2. The summed E-state index contributed by atoms with van der Waals surface area (Å²) in [5, 5.41) is 5.73. The molecule has 0 bridgehead atoms. The first-order chi connectivity index (χ1) is 9.79. The molecule has 0 amide bonds. The van der Waals surface area contributed by atoms with Gasteiger partial charge in [-0.2, -0.15) is 5.10 Å². The second kappa shape index (κ2) is 5.22. The van der Waals surface area contributed by atoms with E-state index < -0.39 is 0 Å². The van der Waals surface area contributed by atoms with Gasteiger partial charge < -0.3 is 5.73 Å². The second-order valence-electron chi connectivity index (χ2n) is 4.51. The van der Waals surface area contributed by atoms with Crippen molar-refractivity contribution in [2.24, 2.45) is 5.73 Å². The largest absolute Gasteiger partial charge is 0.325 e. The number of pyridine rings is 1. The first-order valence-corrected chi connectivity index (χ1v) is 6.37. The Labute approximate surface area is 115 Å². The van der Waals surface area contributed by atoms with E-state index >= 15 is 0 Å². The molecule has 0 saturated heterocycles. The zero-order chi connectivity index (χ0) is 13.9. The molecule has 0 spiro atoms. The maximum absolute atomic E-state index is 12.4. The molecule has 0 aliphatic carbocycles. The molecule has 3 rings (SSSR count). The third-order valence-corrected chi connectivity index (χ3v) is 3.26. The minimum absolute atomic E-state index is 0.102. The zero-order valence-electron chi connectivity index (χ0n) is 10.9. The lowest BCUT2D eigenvalue weighted by molar-refractivity contribution is 0.639. The quantitative estimate of drug-likeness (QED) is 0.775. The van der Waals surface area contributed by atoms with Crippen LogP contribution in [0.3, 0.4) is 0 Å². The van der Waals surface area contributed by atoms with Gasteiger partial charge in [0.2, 0.25) is 0 Å². The van der Waals surface area contributed by atoms with Crippen LogP contribution in [-0.4, -0.2) is 14.8 Å². The average Bonchev–Trinajstić information content (AvgIpc) is 2.51. The highest BCUT2D eigenvalue weighted by molar-refractivity contribution is 5.80. The fraction of sp³-hybridized carbons (Fsp3) is 0.133. The molecule has 2 N–H and O–H groups in total. The minimum atomic E-state index is -0.102. The van der Waals surface area contributed by atoms with Crippen LogP contribution in [0.2, 0.25) is 0 Å². The van der Waals surface area contributed by atoms with Gasteiger partial charge in [-0.15, -0.1) is 0 Å². The fourth-order valence-corrected chi connectivity index (χ4v) is 2.20. The van der Waals surface area contributed by atoms with Gasteiger partial charge in [0.05, 0.1) is 23.8 Å². The minimum Gasteiger partial charge on any atom is -0.325 e. The van der Waals surface area contributed by atoms with E-state index in [-0.39, 0.29) is 5.56 Å². The van der Waals surface area contributed by atoms with Crippen molar-refractivity contribution >= 4 is 10.8 Å². The summed E-state index contributed by atoms with van der Waals surface area (Å²) in [6.45, 7) is 0.725. The summed E-state index contributed by atoms with van der Waals surface area (Å²) in [4.78, 5) is 16.6. The predicted octanol–water partition coefficient (Wildman–Crippen LogP) is 1.30. The second-order valence-corrected chi connectivity index (χ2v) is 4.51. The molecule has 0 unspecified atom stereocenters. The number of hydrogen-bond donors (Lipinski definition) is 1. The number of nitrogens with two attached hydrogens (primary N) is 1. The number of rotatable bonds is 3. The van der Waals surface area contributed by atoms with Gasteiger partial charge in [-0.05, 0) is 17.7 Å². The van der Waals surface area contributed by atoms with Crippen molar-refractivity contribution in [2.75, 3.05) is 0 Å². The molecule has 0 aliphatic rings. The number of nitrogens with zero attached hydrogens (tertiary/aromatic N) is 3. The monoisotopic (exact) mass is 266 g/mol. The molecule has 100 valence electrons. The molecule has 0 radical (unpaired) electrons. The lowest BCUT2D eigenvalue weighted by Gasteiger charge is -2.08. The third-order valence-electron chi connectivity index (χ3n) is 3.26. The molecule has 1 aromatic carbocycles. The SMILES string of the molecule is NCc1ncccc1Cn1ncc2ccccc2c1=O. The molecule has 5 nitrogen and oxygen atoms in total. The van der Waals surface area contributed by atoms with Gasteiger partial charge in [0.25, 0.3) is 5.56 Å². The average molecular weight is 266 g/mol. The van der Waals surface area contributed by atoms with Crippen molar-refractivity contribution in [1.29, 1.82) is 0 Å². The molecule has 0 saturated carbocycles. The van der Waals surface area contributed by atoms with Gasteiger partial charge in [-0.3, -0.25) is 9.78 Å². The van der Waals surface area contributed by atoms with Crippen LogP contribution in [0, 0.1) is 0 Å². The topological polar surface area (TPSA) is 73.8 Å². The van der Waals surface area contributed by atoms with Crippen LogP contribution in [0.5, 0.6) is 0 Å². The van der Waals surface area contributed by atoms with Crippen LogP contribution in [0.25, 0.3) is 10.8 Å². The number of fused-ring (bicyclic) bond motifs is 1. The molecule has 2 heterocycles. The van der Waals surface area contributed by atoms with Gasteiger partial charge in [-0.1, -0.05) is 24.3 Å². The van der Waals surface area contributed by atoms with Crippen molar-refractivity contribution in [1.82, 2.24) is 14.8 Å². The Bertz CT molecular complexity index is 810. The molecule has 0 aliphatic heterocycles. The highest BCUT2D eigenvalue weighted by Crippen LogP contribution is 2.09. The number of benzene rings is 1. The Morgan fingerprint density at radius 1 is 1.15 bits per heavy atom. The first-order valence-electron chi connectivity index (χ1n) is 6.37. The lowest BCUT2D eigenvalue weighted by Crippen LogP contribution is -2.24. The van der Waals surface area contributed by atoms with Crippen LogP contribution < -0.4 is 11.3 Å². The van der Waals surface area contributed by atoms with E-state index in [9.17, 15) is 4.79 Å². The summed E-state index contributed by atoms with van der Waals surface area (Å²) in [5.41, 5.74) is 7.26. The molecular formula is C15H14N4O. The summed E-state index contributed by atoms with van der Waals surface area (Å²) < 4.78 is 1.44. The van der Waals surface area contributed by atoms with Crippen LogP contribution in [0.1, 0.15) is 11.3 Å². The van der Waals surface area contributed by atoms with Crippen LogP contribution in [0.15, 0.2) is 53.6 Å². The van der Waals surface area contributed by atoms with Crippen molar-refractivity contribution in [3.05, 3.63) is 70.4 Å². The van der Waals surface area contributed by atoms with Crippen molar-refractivity contribution in [2.45, 2.75) is 13.1 Å². The van der Waals surface area contributed by atoms with Gasteiger partial charge in [0, 0.05) is 18.1 Å². The normalized spacial score (nSPS) is 10.8. The predicted molar refractivity (Wildman–Crippen MR) is 77.2 cm³/mol. The molecule has 0 atom stereocenters. The maximum Gasteiger partial charge on any atom is 0.274 e. The molecule has 2 aromatic heterocycles. The molecular weight excluding hydrogens is 252 g/mol. The van der Waals surface area contributed by atoms with E-state index in [0.29, 0.717) is 18.5 Å². The van der Waals surface area contributed by atoms with E-state index in [4.69, 9.17) is 5.73 Å². The Morgan fingerprint density at radius 3 is 2.85 bits per heavy atom. The van der Waals surface area contributed by atoms with Crippen molar-refractivity contribution in [3.63, 3.8) is 0 Å². The smallest absolute Gasteiger partial charge is 0.274 e. The first kappa shape index (κ1) is 12.5.